The molecule has 2 bridgehead atoms. The third-order valence-corrected chi connectivity index (χ3v) is 6.28. The van der Waals surface area contributed by atoms with Crippen molar-refractivity contribution >= 4 is 17.9 Å². The zero-order valence-corrected chi connectivity index (χ0v) is 20.3. The first kappa shape index (κ1) is 23.9. The van der Waals surface area contributed by atoms with Crippen LogP contribution in [0.4, 0.5) is 15.3 Å². The van der Waals surface area contributed by atoms with Crippen LogP contribution in [-0.2, 0) is 22.5 Å². The lowest BCUT2D eigenvalue weighted by molar-refractivity contribution is 0.0123. The van der Waals surface area contributed by atoms with Crippen LogP contribution in [0.3, 0.4) is 0 Å². The second-order valence-electron chi connectivity index (χ2n) is 10.1. The van der Waals surface area contributed by atoms with E-state index in [1.807, 2.05) is 56.0 Å². The molecule has 34 heavy (non-hydrogen) atoms. The zero-order valence-electron chi connectivity index (χ0n) is 20.3. The van der Waals surface area contributed by atoms with Crippen molar-refractivity contribution in [2.75, 3.05) is 24.5 Å². The molecule has 2 amide bonds. The Bertz CT molecular complexity index is 958. The van der Waals surface area contributed by atoms with Gasteiger partial charge in [0.2, 0.25) is 0 Å². The molecule has 0 saturated carbocycles. The van der Waals surface area contributed by atoms with Crippen LogP contribution >= 0.6 is 0 Å². The predicted octanol–water partition coefficient (Wildman–Crippen LogP) is 4.74. The molecule has 2 aromatic rings. The monoisotopic (exact) mass is 465 g/mol. The number of nitrogens with one attached hydrogen (secondary N) is 1. The number of ether oxygens (including phenoxy) is 2. The van der Waals surface area contributed by atoms with Crippen LogP contribution in [0.25, 0.3) is 0 Å². The summed E-state index contributed by atoms with van der Waals surface area (Å²) in [6, 6.07) is 18.5. The molecule has 0 aliphatic carbocycles. The molecular weight excluding hydrogens is 430 g/mol. The molecular formula is C27H35N3O4. The van der Waals surface area contributed by atoms with Crippen LogP contribution in [-0.4, -0.2) is 54.4 Å². The smallest absolute Gasteiger partial charge is 0.410 e. The first-order valence-electron chi connectivity index (χ1n) is 12.1. The van der Waals surface area contributed by atoms with Gasteiger partial charge >= 0.3 is 12.2 Å². The van der Waals surface area contributed by atoms with E-state index in [1.165, 1.54) is 5.69 Å². The molecule has 2 aliphatic rings. The van der Waals surface area contributed by atoms with Crippen LogP contribution in [0.1, 0.15) is 44.7 Å². The van der Waals surface area contributed by atoms with Crippen molar-refractivity contribution in [2.24, 2.45) is 0 Å². The van der Waals surface area contributed by atoms with Crippen LogP contribution in [0.15, 0.2) is 54.6 Å². The molecule has 7 nitrogen and oxygen atoms in total. The number of nitrogens with zero attached hydrogens (tertiary/aromatic N) is 2. The van der Waals surface area contributed by atoms with Gasteiger partial charge in [0.25, 0.3) is 0 Å². The average Bonchev–Trinajstić information content (AvgIpc) is 3.07. The largest absolute Gasteiger partial charge is 0.445 e. The molecule has 2 unspecified atom stereocenters. The number of benzene rings is 2. The number of anilines is 1. The van der Waals surface area contributed by atoms with Crippen molar-refractivity contribution in [3.05, 3.63) is 65.7 Å². The van der Waals surface area contributed by atoms with Crippen molar-refractivity contribution in [3.8, 4) is 0 Å². The molecule has 0 spiro atoms. The third-order valence-electron chi connectivity index (χ3n) is 6.28. The topological polar surface area (TPSA) is 71.1 Å². The van der Waals surface area contributed by atoms with Gasteiger partial charge in [-0.05, 0) is 63.3 Å². The predicted molar refractivity (Wildman–Crippen MR) is 132 cm³/mol. The lowest BCUT2D eigenvalue weighted by Gasteiger charge is -2.42. The highest BCUT2D eigenvalue weighted by atomic mass is 16.6. The van der Waals surface area contributed by atoms with E-state index in [0.717, 1.165) is 43.5 Å². The number of alkyl carbamates (subject to hydrolysis) is 1. The maximum atomic E-state index is 12.7. The van der Waals surface area contributed by atoms with E-state index in [4.69, 9.17) is 9.47 Å². The van der Waals surface area contributed by atoms with Gasteiger partial charge in [-0.15, -0.1) is 0 Å². The van der Waals surface area contributed by atoms with Gasteiger partial charge < -0.3 is 19.7 Å². The summed E-state index contributed by atoms with van der Waals surface area (Å²) in [6.45, 7) is 8.17. The van der Waals surface area contributed by atoms with E-state index in [2.05, 4.69) is 34.5 Å². The Morgan fingerprint density at radius 1 is 0.941 bits per heavy atom. The molecule has 2 atom stereocenters. The van der Waals surface area contributed by atoms with E-state index in [-0.39, 0.29) is 24.8 Å². The van der Waals surface area contributed by atoms with Crippen LogP contribution in [0, 0.1) is 0 Å². The van der Waals surface area contributed by atoms with E-state index in [1.54, 1.807) is 0 Å². The van der Waals surface area contributed by atoms with E-state index >= 15 is 0 Å². The molecule has 1 N–H and O–H groups in total. The summed E-state index contributed by atoms with van der Waals surface area (Å²) in [7, 11) is 0. The van der Waals surface area contributed by atoms with Crippen LogP contribution in [0.5, 0.6) is 0 Å². The first-order chi connectivity index (χ1) is 16.3. The first-order valence-corrected chi connectivity index (χ1v) is 12.1. The number of carbonyl (C=O) groups is 2. The van der Waals surface area contributed by atoms with Crippen molar-refractivity contribution < 1.29 is 19.1 Å². The van der Waals surface area contributed by atoms with E-state index in [9.17, 15) is 9.59 Å². The number of rotatable bonds is 6. The normalized spacial score (nSPS) is 19.6. The van der Waals surface area contributed by atoms with Gasteiger partial charge in [-0.3, -0.25) is 4.90 Å². The molecule has 2 aliphatic heterocycles. The number of hydrogen-bond acceptors (Lipinski definition) is 5. The minimum atomic E-state index is -0.475. The van der Waals surface area contributed by atoms with E-state index in [0.29, 0.717) is 6.54 Å². The summed E-state index contributed by atoms with van der Waals surface area (Å²) in [5.41, 5.74) is 2.81. The van der Waals surface area contributed by atoms with Crippen molar-refractivity contribution in [2.45, 2.75) is 64.3 Å². The Labute approximate surface area is 202 Å². The highest BCUT2D eigenvalue weighted by Crippen LogP contribution is 2.34. The number of carbonyl (C=O) groups excluding carboxylic acids is 2. The standard InChI is InChI=1S/C27H35N3O4/c1-27(2,3)34-26(32)30-23-13-14-24(30)18-29(17-23)22-11-9-20(10-12-22)15-16-28-25(31)33-19-21-7-5-4-6-8-21/h4-12,23-24H,13-19H2,1-3H3,(H,28,31). The van der Waals surface area contributed by atoms with Gasteiger partial charge in [-0.25, -0.2) is 9.59 Å². The summed E-state index contributed by atoms with van der Waals surface area (Å²) in [6.07, 6.45) is 2.18. The van der Waals surface area contributed by atoms with Gasteiger partial charge in [0, 0.05) is 25.3 Å². The fraction of sp³-hybridized carbons (Fsp3) is 0.481. The number of piperazine rings is 1. The Hall–Kier alpha value is -3.22. The molecule has 2 heterocycles. The summed E-state index contributed by atoms with van der Waals surface area (Å²) in [5.74, 6) is 0. The Balaban J connectivity index is 1.23. The van der Waals surface area contributed by atoms with Gasteiger partial charge in [-0.2, -0.15) is 0 Å². The minimum Gasteiger partial charge on any atom is -0.445 e. The summed E-state index contributed by atoms with van der Waals surface area (Å²) < 4.78 is 10.9. The number of amides is 2. The molecule has 182 valence electrons. The maximum absolute atomic E-state index is 12.7. The Morgan fingerprint density at radius 2 is 1.59 bits per heavy atom. The molecule has 2 saturated heterocycles. The SMILES string of the molecule is CC(C)(C)OC(=O)N1C2CCC1CN(c1ccc(CCNC(=O)OCc3ccccc3)cc1)C2. The average molecular weight is 466 g/mol. The summed E-state index contributed by atoms with van der Waals surface area (Å²) in [4.78, 5) is 28.9. The highest BCUT2D eigenvalue weighted by Gasteiger charge is 2.44. The Kier molecular flexibility index (Phi) is 7.29. The fourth-order valence-electron chi connectivity index (χ4n) is 4.68. The summed E-state index contributed by atoms with van der Waals surface area (Å²) >= 11 is 0. The lowest BCUT2D eigenvalue weighted by Crippen LogP contribution is -2.56. The van der Waals surface area contributed by atoms with Crippen molar-refractivity contribution in [1.29, 1.82) is 0 Å². The molecule has 2 fully saturated rings. The summed E-state index contributed by atoms with van der Waals surface area (Å²) in [5, 5.41) is 2.81. The minimum absolute atomic E-state index is 0.190. The molecule has 2 aromatic carbocycles. The van der Waals surface area contributed by atoms with Crippen LogP contribution in [0.2, 0.25) is 0 Å². The van der Waals surface area contributed by atoms with Gasteiger partial charge in [0.05, 0.1) is 12.1 Å². The van der Waals surface area contributed by atoms with Crippen molar-refractivity contribution in [1.82, 2.24) is 10.2 Å². The molecule has 0 aromatic heterocycles. The van der Waals surface area contributed by atoms with Crippen molar-refractivity contribution in [3.63, 3.8) is 0 Å². The fourth-order valence-corrected chi connectivity index (χ4v) is 4.68. The van der Waals surface area contributed by atoms with Crippen LogP contribution < -0.4 is 10.2 Å². The van der Waals surface area contributed by atoms with Gasteiger partial charge in [0.15, 0.2) is 0 Å². The second-order valence-corrected chi connectivity index (χ2v) is 10.1. The second kappa shape index (κ2) is 10.4. The highest BCUT2D eigenvalue weighted by molar-refractivity contribution is 5.70. The van der Waals surface area contributed by atoms with Gasteiger partial charge in [0.1, 0.15) is 12.2 Å². The molecule has 7 heteroatoms. The number of hydrogen-bond donors (Lipinski definition) is 1. The third kappa shape index (κ3) is 6.22. The quantitative estimate of drug-likeness (QED) is 0.667. The molecule has 0 radical (unpaired) electrons. The lowest BCUT2D eigenvalue weighted by atomic mass is 10.1. The number of fused-ring (bicyclic) bond motifs is 2. The van der Waals surface area contributed by atoms with E-state index < -0.39 is 11.7 Å². The molecule has 4 rings (SSSR count). The van der Waals surface area contributed by atoms with Gasteiger partial charge in [-0.1, -0.05) is 42.5 Å². The Morgan fingerprint density at radius 3 is 2.21 bits per heavy atom. The maximum Gasteiger partial charge on any atom is 0.410 e. The zero-order chi connectivity index (χ0) is 24.1.